The first-order valence-corrected chi connectivity index (χ1v) is 8.29. The molecule has 5 heteroatoms. The van der Waals surface area contributed by atoms with E-state index in [9.17, 15) is 14.3 Å². The maximum absolute atomic E-state index is 12.9. The number of H-pyrrole nitrogens is 1. The third kappa shape index (κ3) is 4.25. The lowest BCUT2D eigenvalue weighted by atomic mass is 10.1. The second kappa shape index (κ2) is 7.78. The number of hydrogen-bond donors (Lipinski definition) is 2. The Kier molecular flexibility index (Phi) is 5.27. The van der Waals surface area contributed by atoms with Crippen LogP contribution in [-0.2, 0) is 17.6 Å². The molecule has 0 radical (unpaired) electrons. The smallest absolute Gasteiger partial charge is 0.350 e. The Morgan fingerprint density at radius 1 is 1.23 bits per heavy atom. The highest BCUT2D eigenvalue weighted by Crippen LogP contribution is 2.20. The number of carbonyl (C=O) groups is 1. The van der Waals surface area contributed by atoms with Crippen molar-refractivity contribution in [2.75, 3.05) is 0 Å². The van der Waals surface area contributed by atoms with Crippen molar-refractivity contribution in [3.63, 3.8) is 0 Å². The maximum Gasteiger partial charge on any atom is 0.350 e. The first kappa shape index (κ1) is 17.6. The van der Waals surface area contributed by atoms with Crippen LogP contribution in [-0.4, -0.2) is 21.8 Å². The number of aliphatic carboxylic acids is 1. The molecule has 0 spiro atoms. The summed E-state index contributed by atoms with van der Waals surface area (Å²) in [5, 5.41) is 10.4. The number of rotatable bonds is 6. The second-order valence-electron chi connectivity index (χ2n) is 6.14. The minimum Gasteiger partial charge on any atom is -0.477 e. The normalized spacial score (nSPS) is 12.2. The summed E-state index contributed by atoms with van der Waals surface area (Å²) in [5.74, 6) is -1.32. The number of aromatic nitrogens is 1. The van der Waals surface area contributed by atoms with Crippen LogP contribution in [0, 0.1) is 12.7 Å². The van der Waals surface area contributed by atoms with Crippen LogP contribution in [0.5, 0.6) is 0 Å². The van der Waals surface area contributed by atoms with Gasteiger partial charge in [-0.1, -0.05) is 29.8 Å². The van der Waals surface area contributed by atoms with Gasteiger partial charge in [0.25, 0.3) is 0 Å². The van der Waals surface area contributed by atoms with Gasteiger partial charge in [-0.25, -0.2) is 9.18 Å². The first-order valence-electron chi connectivity index (χ1n) is 8.29. The zero-order valence-electron chi connectivity index (χ0n) is 14.4. The molecular formula is C21H19FN2O2. The van der Waals surface area contributed by atoms with E-state index >= 15 is 0 Å². The third-order valence-electron chi connectivity index (χ3n) is 4.13. The SMILES string of the molecule is Cc1ccc2[nH]cc(CC(=NC=CCc3ccc(F)cc3)C(=O)O)c2c1. The van der Waals surface area contributed by atoms with E-state index < -0.39 is 5.97 Å². The predicted octanol–water partition coefficient (Wildman–Crippen LogP) is 4.44. The van der Waals surface area contributed by atoms with Crippen LogP contribution in [0.4, 0.5) is 4.39 Å². The van der Waals surface area contributed by atoms with Crippen molar-refractivity contribution in [2.45, 2.75) is 19.8 Å². The molecule has 132 valence electrons. The molecule has 3 rings (SSSR count). The van der Waals surface area contributed by atoms with E-state index in [2.05, 4.69) is 9.98 Å². The molecule has 3 aromatic rings. The van der Waals surface area contributed by atoms with E-state index in [0.717, 1.165) is 27.6 Å². The van der Waals surface area contributed by atoms with Gasteiger partial charge in [-0.2, -0.15) is 0 Å². The van der Waals surface area contributed by atoms with Gasteiger partial charge in [-0.05, 0) is 48.7 Å². The van der Waals surface area contributed by atoms with E-state index in [1.54, 1.807) is 18.2 Å². The summed E-state index contributed by atoms with van der Waals surface area (Å²) in [6.07, 6.45) is 5.87. The number of allylic oxidation sites excluding steroid dienone is 1. The van der Waals surface area contributed by atoms with E-state index in [1.165, 1.54) is 18.3 Å². The number of nitrogens with one attached hydrogen (secondary N) is 1. The summed E-state index contributed by atoms with van der Waals surface area (Å²) in [7, 11) is 0. The van der Waals surface area contributed by atoms with Crippen LogP contribution in [0.2, 0.25) is 0 Å². The number of carboxylic acids is 1. The monoisotopic (exact) mass is 350 g/mol. The van der Waals surface area contributed by atoms with Crippen LogP contribution in [0.1, 0.15) is 16.7 Å². The molecule has 0 amide bonds. The van der Waals surface area contributed by atoms with E-state index in [1.807, 2.05) is 31.3 Å². The maximum atomic E-state index is 12.9. The quantitative estimate of drug-likeness (QED) is 0.646. The van der Waals surface area contributed by atoms with Gasteiger partial charge in [0.1, 0.15) is 11.5 Å². The number of fused-ring (bicyclic) bond motifs is 1. The fourth-order valence-corrected chi connectivity index (χ4v) is 2.75. The Labute approximate surface area is 150 Å². The Bertz CT molecular complexity index is 985. The van der Waals surface area contributed by atoms with Gasteiger partial charge in [0.05, 0.1) is 0 Å². The van der Waals surface area contributed by atoms with Gasteiger partial charge in [-0.3, -0.25) is 4.99 Å². The molecule has 0 fully saturated rings. The molecule has 0 aliphatic rings. The van der Waals surface area contributed by atoms with Crippen molar-refractivity contribution >= 4 is 22.6 Å². The molecule has 0 saturated heterocycles. The van der Waals surface area contributed by atoms with Crippen LogP contribution in [0.3, 0.4) is 0 Å². The van der Waals surface area contributed by atoms with Crippen LogP contribution < -0.4 is 0 Å². The molecule has 26 heavy (non-hydrogen) atoms. The molecule has 1 aromatic heterocycles. The standard InChI is InChI=1S/C21H19FN2O2/c1-14-4-9-19-18(11-14)16(13-24-19)12-20(21(25)26)23-10-2-3-15-5-7-17(22)8-6-15/h2,4-11,13,24H,3,12H2,1H3,(H,25,26). The molecule has 0 bridgehead atoms. The van der Waals surface area contributed by atoms with E-state index in [4.69, 9.17) is 0 Å². The zero-order chi connectivity index (χ0) is 18.5. The third-order valence-corrected chi connectivity index (χ3v) is 4.13. The van der Waals surface area contributed by atoms with Gasteiger partial charge in [0, 0.05) is 29.7 Å². The zero-order valence-corrected chi connectivity index (χ0v) is 14.4. The predicted molar refractivity (Wildman–Crippen MR) is 101 cm³/mol. The van der Waals surface area contributed by atoms with Gasteiger partial charge in [0.15, 0.2) is 0 Å². The van der Waals surface area contributed by atoms with Crippen molar-refractivity contribution in [1.82, 2.24) is 4.98 Å². The molecule has 2 aromatic carbocycles. The number of aromatic amines is 1. The molecule has 0 saturated carbocycles. The number of aliphatic imine (C=N–C) groups is 1. The number of aryl methyl sites for hydroxylation is 1. The first-order chi connectivity index (χ1) is 12.5. The average Bonchev–Trinajstić information content (AvgIpc) is 3.01. The Morgan fingerprint density at radius 3 is 2.73 bits per heavy atom. The Hall–Kier alpha value is -3.21. The highest BCUT2D eigenvalue weighted by Gasteiger charge is 2.13. The molecule has 4 nitrogen and oxygen atoms in total. The summed E-state index contributed by atoms with van der Waals surface area (Å²) < 4.78 is 12.9. The highest BCUT2D eigenvalue weighted by atomic mass is 19.1. The Balaban J connectivity index is 1.74. The van der Waals surface area contributed by atoms with Crippen molar-refractivity contribution in [3.05, 3.63) is 83.4 Å². The van der Waals surface area contributed by atoms with E-state index in [-0.39, 0.29) is 17.9 Å². The lowest BCUT2D eigenvalue weighted by Crippen LogP contribution is -2.15. The summed E-state index contributed by atoms with van der Waals surface area (Å²) >= 11 is 0. The molecule has 1 heterocycles. The fraction of sp³-hybridized carbons (Fsp3) is 0.143. The van der Waals surface area contributed by atoms with E-state index in [0.29, 0.717) is 6.42 Å². The molecular weight excluding hydrogens is 331 g/mol. The molecule has 2 N–H and O–H groups in total. The lowest BCUT2D eigenvalue weighted by molar-refractivity contribution is -0.129. The molecule has 0 unspecified atom stereocenters. The van der Waals surface area contributed by atoms with Crippen LogP contribution in [0.15, 0.2) is 65.9 Å². The second-order valence-corrected chi connectivity index (χ2v) is 6.14. The van der Waals surface area contributed by atoms with Crippen molar-refractivity contribution in [1.29, 1.82) is 0 Å². The van der Waals surface area contributed by atoms with Gasteiger partial charge in [0.2, 0.25) is 0 Å². The number of nitrogens with zero attached hydrogens (tertiary/aromatic N) is 1. The molecule has 0 aliphatic carbocycles. The highest BCUT2D eigenvalue weighted by molar-refractivity contribution is 6.36. The minimum absolute atomic E-state index is 0.0720. The number of carboxylic acid groups (broad SMARTS) is 1. The lowest BCUT2D eigenvalue weighted by Gasteiger charge is -2.01. The number of hydrogen-bond acceptors (Lipinski definition) is 2. The minimum atomic E-state index is -1.04. The van der Waals surface area contributed by atoms with Crippen LogP contribution >= 0.6 is 0 Å². The summed E-state index contributed by atoms with van der Waals surface area (Å²) in [6.45, 7) is 2.00. The average molecular weight is 350 g/mol. The number of benzene rings is 2. The van der Waals surface area contributed by atoms with Gasteiger partial charge in [-0.15, -0.1) is 0 Å². The summed E-state index contributed by atoms with van der Waals surface area (Å²) in [6, 6.07) is 12.2. The summed E-state index contributed by atoms with van der Waals surface area (Å²) in [4.78, 5) is 18.8. The topological polar surface area (TPSA) is 65.5 Å². The van der Waals surface area contributed by atoms with Crippen molar-refractivity contribution in [2.24, 2.45) is 4.99 Å². The number of halogens is 1. The molecule has 0 atom stereocenters. The molecule has 0 aliphatic heterocycles. The van der Waals surface area contributed by atoms with Crippen molar-refractivity contribution in [3.8, 4) is 0 Å². The largest absolute Gasteiger partial charge is 0.477 e. The fourth-order valence-electron chi connectivity index (χ4n) is 2.75. The van der Waals surface area contributed by atoms with Crippen LogP contribution in [0.25, 0.3) is 10.9 Å². The van der Waals surface area contributed by atoms with Crippen molar-refractivity contribution < 1.29 is 14.3 Å². The van der Waals surface area contributed by atoms with Gasteiger partial charge >= 0.3 is 5.97 Å². The van der Waals surface area contributed by atoms with Gasteiger partial charge < -0.3 is 10.1 Å². The Morgan fingerprint density at radius 2 is 2.00 bits per heavy atom. The summed E-state index contributed by atoms with van der Waals surface area (Å²) in [5.41, 5.74) is 4.00.